The van der Waals surface area contributed by atoms with Crippen molar-refractivity contribution in [1.82, 2.24) is 0 Å². The van der Waals surface area contributed by atoms with Crippen LogP contribution in [0, 0.1) is 0 Å². The monoisotopic (exact) mass is 330 g/mol. The minimum Gasteiger partial charge on any atom is -0.493 e. The average molecular weight is 331 g/mol. The predicted molar refractivity (Wildman–Crippen MR) is 83.7 cm³/mol. The number of halogens is 2. The van der Waals surface area contributed by atoms with Crippen molar-refractivity contribution in [2.45, 2.75) is 49.7 Å². The van der Waals surface area contributed by atoms with Gasteiger partial charge < -0.3 is 14.2 Å². The zero-order chi connectivity index (χ0) is 14.9. The molecule has 1 atom stereocenters. The van der Waals surface area contributed by atoms with Crippen molar-refractivity contribution in [3.05, 3.63) is 22.7 Å². The predicted octanol–water partition coefficient (Wildman–Crippen LogP) is 4.57. The third kappa shape index (κ3) is 3.10. The maximum Gasteiger partial charge on any atom is 0.180 e. The van der Waals surface area contributed by atoms with Crippen LogP contribution in [0.4, 0.5) is 0 Å². The molecule has 1 spiro atoms. The van der Waals surface area contributed by atoms with Gasteiger partial charge in [-0.05, 0) is 37.0 Å². The van der Waals surface area contributed by atoms with Gasteiger partial charge in [0.15, 0.2) is 11.5 Å². The third-order valence-corrected chi connectivity index (χ3v) is 5.03. The second-order valence-corrected chi connectivity index (χ2v) is 6.53. The zero-order valence-electron chi connectivity index (χ0n) is 12.2. The number of benzene rings is 1. The molecule has 0 aromatic heterocycles. The van der Waals surface area contributed by atoms with E-state index in [0.717, 1.165) is 37.9 Å². The van der Waals surface area contributed by atoms with Gasteiger partial charge >= 0.3 is 0 Å². The Balaban J connectivity index is 1.77. The molecule has 0 amide bonds. The number of rotatable bonds is 4. The summed E-state index contributed by atoms with van der Waals surface area (Å²) in [5.74, 6) is 1.67. The van der Waals surface area contributed by atoms with Crippen LogP contribution in [0.2, 0.25) is 5.02 Å². The summed E-state index contributed by atoms with van der Waals surface area (Å²) in [4.78, 5) is 0. The number of ether oxygens (including phenoxy) is 3. The van der Waals surface area contributed by atoms with Crippen molar-refractivity contribution in [3.8, 4) is 11.5 Å². The first-order valence-corrected chi connectivity index (χ1v) is 8.30. The lowest BCUT2D eigenvalue weighted by Crippen LogP contribution is -2.48. The SMILES string of the molecule is COc1cc(CCl)cc(Cl)c1OC1CCOC2(CCC2)C1. The number of hydrogen-bond acceptors (Lipinski definition) is 3. The quantitative estimate of drug-likeness (QED) is 0.757. The van der Waals surface area contributed by atoms with E-state index >= 15 is 0 Å². The standard InChI is InChI=1S/C16H20Cl2O3/c1-19-14-8-11(10-17)7-13(18)15(14)21-12-3-6-20-16(9-12)4-2-5-16/h7-8,12H,2-6,9-10H2,1H3. The van der Waals surface area contributed by atoms with Crippen molar-refractivity contribution in [1.29, 1.82) is 0 Å². The Morgan fingerprint density at radius 3 is 2.81 bits per heavy atom. The Labute approximate surface area is 135 Å². The molecule has 0 N–H and O–H groups in total. The highest BCUT2D eigenvalue weighted by Gasteiger charge is 2.43. The van der Waals surface area contributed by atoms with E-state index < -0.39 is 0 Å². The van der Waals surface area contributed by atoms with E-state index in [1.807, 2.05) is 12.1 Å². The van der Waals surface area contributed by atoms with Crippen LogP contribution in [0.3, 0.4) is 0 Å². The molecule has 0 radical (unpaired) electrons. The molecule has 1 unspecified atom stereocenters. The molecular formula is C16H20Cl2O3. The van der Waals surface area contributed by atoms with Crippen molar-refractivity contribution in [2.24, 2.45) is 0 Å². The highest BCUT2D eigenvalue weighted by atomic mass is 35.5. The maximum absolute atomic E-state index is 6.34. The first kappa shape index (κ1) is 15.3. The van der Waals surface area contributed by atoms with Crippen LogP contribution in [0.1, 0.15) is 37.7 Å². The van der Waals surface area contributed by atoms with E-state index in [-0.39, 0.29) is 11.7 Å². The van der Waals surface area contributed by atoms with Crippen LogP contribution in [0.5, 0.6) is 11.5 Å². The molecule has 3 rings (SSSR count). The molecule has 2 aliphatic rings. The van der Waals surface area contributed by atoms with E-state index in [2.05, 4.69) is 0 Å². The zero-order valence-corrected chi connectivity index (χ0v) is 13.7. The summed E-state index contributed by atoms with van der Waals surface area (Å²) < 4.78 is 17.5. The van der Waals surface area contributed by atoms with Crippen LogP contribution in [0.15, 0.2) is 12.1 Å². The fourth-order valence-corrected chi connectivity index (χ4v) is 3.57. The smallest absolute Gasteiger partial charge is 0.180 e. The minimum absolute atomic E-state index is 0.0543. The van der Waals surface area contributed by atoms with Crippen LogP contribution >= 0.6 is 23.2 Å². The van der Waals surface area contributed by atoms with Crippen molar-refractivity contribution in [3.63, 3.8) is 0 Å². The average Bonchev–Trinajstić information content (AvgIpc) is 2.47. The lowest BCUT2D eigenvalue weighted by atomic mass is 9.74. The number of hydrogen-bond donors (Lipinski definition) is 0. The Bertz CT molecular complexity index is 514. The van der Waals surface area contributed by atoms with E-state index in [0.29, 0.717) is 22.4 Å². The molecule has 0 bridgehead atoms. The van der Waals surface area contributed by atoms with Gasteiger partial charge in [-0.1, -0.05) is 11.6 Å². The van der Waals surface area contributed by atoms with Crippen molar-refractivity contribution in [2.75, 3.05) is 13.7 Å². The van der Waals surface area contributed by atoms with E-state index in [1.54, 1.807) is 7.11 Å². The number of methoxy groups -OCH3 is 1. The molecule has 1 aliphatic carbocycles. The summed E-state index contributed by atoms with van der Waals surface area (Å²) in [6, 6.07) is 3.72. The van der Waals surface area contributed by atoms with Gasteiger partial charge in [0.2, 0.25) is 0 Å². The molecule has 2 fully saturated rings. The van der Waals surface area contributed by atoms with Crippen LogP contribution in [-0.2, 0) is 10.6 Å². The third-order valence-electron chi connectivity index (χ3n) is 4.44. The largest absolute Gasteiger partial charge is 0.493 e. The van der Waals surface area contributed by atoms with Crippen LogP contribution in [0.25, 0.3) is 0 Å². The number of alkyl halides is 1. The molecule has 1 saturated carbocycles. The molecule has 1 saturated heterocycles. The first-order valence-electron chi connectivity index (χ1n) is 7.39. The summed E-state index contributed by atoms with van der Waals surface area (Å²) in [6.45, 7) is 0.754. The molecule has 3 nitrogen and oxygen atoms in total. The summed E-state index contributed by atoms with van der Waals surface area (Å²) in [6.07, 6.45) is 5.49. The summed E-state index contributed by atoms with van der Waals surface area (Å²) >= 11 is 12.2. The first-order chi connectivity index (χ1) is 10.2. The van der Waals surface area contributed by atoms with Gasteiger partial charge in [0.25, 0.3) is 0 Å². The molecule has 21 heavy (non-hydrogen) atoms. The van der Waals surface area contributed by atoms with Gasteiger partial charge in [-0.15, -0.1) is 11.6 Å². The van der Waals surface area contributed by atoms with Crippen LogP contribution in [-0.4, -0.2) is 25.4 Å². The van der Waals surface area contributed by atoms with Gasteiger partial charge in [0.05, 0.1) is 24.3 Å². The van der Waals surface area contributed by atoms with E-state index in [4.69, 9.17) is 37.4 Å². The Kier molecular flexibility index (Phi) is 4.53. The maximum atomic E-state index is 6.34. The normalized spacial score (nSPS) is 23.7. The molecule has 116 valence electrons. The lowest BCUT2D eigenvalue weighted by molar-refractivity contribution is -0.153. The lowest BCUT2D eigenvalue weighted by Gasteiger charge is -2.47. The van der Waals surface area contributed by atoms with Crippen LogP contribution < -0.4 is 9.47 Å². The van der Waals surface area contributed by atoms with Crippen molar-refractivity contribution < 1.29 is 14.2 Å². The van der Waals surface area contributed by atoms with Crippen molar-refractivity contribution >= 4 is 23.2 Å². The molecule has 1 aromatic rings. The van der Waals surface area contributed by atoms with Gasteiger partial charge in [0, 0.05) is 18.7 Å². The van der Waals surface area contributed by atoms with Gasteiger partial charge in [-0.25, -0.2) is 0 Å². The fourth-order valence-electron chi connectivity index (χ4n) is 3.13. The minimum atomic E-state index is 0.0543. The molecule has 1 aliphatic heterocycles. The Hall–Kier alpha value is -0.640. The summed E-state index contributed by atoms with van der Waals surface area (Å²) in [5, 5.41) is 0.555. The Morgan fingerprint density at radius 1 is 1.38 bits per heavy atom. The fraction of sp³-hybridized carbons (Fsp3) is 0.625. The molecule has 5 heteroatoms. The second kappa shape index (κ2) is 6.23. The van der Waals surface area contributed by atoms with Gasteiger partial charge in [-0.2, -0.15) is 0 Å². The highest BCUT2D eigenvalue weighted by Crippen LogP contribution is 2.45. The topological polar surface area (TPSA) is 27.7 Å². The summed E-state index contributed by atoms with van der Waals surface area (Å²) in [5.41, 5.74) is 0.979. The summed E-state index contributed by atoms with van der Waals surface area (Å²) in [7, 11) is 1.62. The second-order valence-electron chi connectivity index (χ2n) is 5.86. The van der Waals surface area contributed by atoms with E-state index in [1.165, 1.54) is 6.42 Å². The van der Waals surface area contributed by atoms with E-state index in [9.17, 15) is 0 Å². The van der Waals surface area contributed by atoms with Gasteiger partial charge in [-0.3, -0.25) is 0 Å². The molecule has 1 aromatic carbocycles. The highest BCUT2D eigenvalue weighted by molar-refractivity contribution is 6.32. The molecular weight excluding hydrogens is 311 g/mol. The van der Waals surface area contributed by atoms with Gasteiger partial charge in [0.1, 0.15) is 6.10 Å². The molecule has 1 heterocycles. The Morgan fingerprint density at radius 2 is 2.19 bits per heavy atom.